The Balaban J connectivity index is 1.94. The number of hydrogen-bond donors (Lipinski definition) is 1. The van der Waals surface area contributed by atoms with Crippen molar-refractivity contribution in [3.8, 4) is 0 Å². The van der Waals surface area contributed by atoms with E-state index in [2.05, 4.69) is 24.4 Å². The fourth-order valence-corrected chi connectivity index (χ4v) is 4.01. The van der Waals surface area contributed by atoms with E-state index in [9.17, 15) is 0 Å². The Morgan fingerprint density at radius 1 is 1.35 bits per heavy atom. The molecule has 0 unspecified atom stereocenters. The quantitative estimate of drug-likeness (QED) is 0.878. The van der Waals surface area contributed by atoms with Crippen LogP contribution in [-0.4, -0.2) is 13.1 Å². The van der Waals surface area contributed by atoms with Crippen molar-refractivity contribution in [2.75, 3.05) is 13.1 Å². The molecule has 0 spiro atoms. The van der Waals surface area contributed by atoms with Gasteiger partial charge >= 0.3 is 0 Å². The van der Waals surface area contributed by atoms with Crippen LogP contribution in [0.1, 0.15) is 25.3 Å². The van der Waals surface area contributed by atoms with Crippen molar-refractivity contribution in [2.24, 2.45) is 11.8 Å². The first-order valence-corrected chi connectivity index (χ1v) is 7.12. The number of halogens is 2. The molecular formula is C14H17Cl2N. The normalized spacial score (nSPS) is 34.8. The first-order valence-electron chi connectivity index (χ1n) is 6.36. The molecule has 1 saturated heterocycles. The van der Waals surface area contributed by atoms with Crippen LogP contribution in [0.5, 0.6) is 0 Å². The summed E-state index contributed by atoms with van der Waals surface area (Å²) in [5.74, 6) is 1.64. The molecule has 1 aromatic rings. The van der Waals surface area contributed by atoms with Crippen molar-refractivity contribution >= 4 is 23.2 Å². The van der Waals surface area contributed by atoms with Gasteiger partial charge in [-0.05, 0) is 42.5 Å². The zero-order valence-electron chi connectivity index (χ0n) is 9.97. The standard InChI is InChI=1S/C14H17Cl2N/c1-2-3-10-11-7-17-8-14(10,11)9-4-5-12(15)13(16)6-9/h4-6,10-11,17H,2-3,7-8H2,1H3/t10-,11-,14-/m0/s1. The molecule has 1 aromatic carbocycles. The van der Waals surface area contributed by atoms with Crippen LogP contribution >= 0.6 is 23.2 Å². The fraction of sp³-hybridized carbons (Fsp3) is 0.571. The van der Waals surface area contributed by atoms with Gasteiger partial charge in [-0.2, -0.15) is 0 Å². The molecule has 1 N–H and O–H groups in total. The van der Waals surface area contributed by atoms with Crippen molar-refractivity contribution in [3.05, 3.63) is 33.8 Å². The van der Waals surface area contributed by atoms with Crippen molar-refractivity contribution in [1.82, 2.24) is 5.32 Å². The summed E-state index contributed by atoms with van der Waals surface area (Å²) in [6.45, 7) is 4.52. The first-order chi connectivity index (χ1) is 8.20. The second-order valence-electron chi connectivity index (χ2n) is 5.30. The molecule has 0 bridgehead atoms. The zero-order chi connectivity index (χ0) is 12.0. The lowest BCUT2D eigenvalue weighted by Crippen LogP contribution is -2.23. The van der Waals surface area contributed by atoms with Crippen LogP contribution in [0.25, 0.3) is 0 Å². The van der Waals surface area contributed by atoms with E-state index in [1.807, 2.05) is 6.07 Å². The molecule has 2 fully saturated rings. The van der Waals surface area contributed by atoms with Gasteiger partial charge in [0.2, 0.25) is 0 Å². The van der Waals surface area contributed by atoms with E-state index in [0.29, 0.717) is 15.5 Å². The highest BCUT2D eigenvalue weighted by Crippen LogP contribution is 2.64. The topological polar surface area (TPSA) is 12.0 Å². The van der Waals surface area contributed by atoms with E-state index in [4.69, 9.17) is 23.2 Å². The van der Waals surface area contributed by atoms with E-state index in [-0.39, 0.29) is 0 Å². The van der Waals surface area contributed by atoms with E-state index in [1.165, 1.54) is 18.4 Å². The van der Waals surface area contributed by atoms with Crippen molar-refractivity contribution in [1.29, 1.82) is 0 Å². The van der Waals surface area contributed by atoms with E-state index < -0.39 is 0 Å². The van der Waals surface area contributed by atoms with Gasteiger partial charge in [0.1, 0.15) is 0 Å². The summed E-state index contributed by atoms with van der Waals surface area (Å²) in [4.78, 5) is 0. The molecule has 2 aliphatic rings. The maximum atomic E-state index is 6.15. The van der Waals surface area contributed by atoms with Crippen molar-refractivity contribution in [2.45, 2.75) is 25.2 Å². The van der Waals surface area contributed by atoms with Gasteiger partial charge in [-0.15, -0.1) is 0 Å². The molecule has 92 valence electrons. The summed E-state index contributed by atoms with van der Waals surface area (Å²) < 4.78 is 0. The van der Waals surface area contributed by atoms with E-state index in [0.717, 1.165) is 24.9 Å². The maximum absolute atomic E-state index is 6.15. The SMILES string of the molecule is CCC[C@H]1[C@@H]2CNC[C@]12c1ccc(Cl)c(Cl)c1. The maximum Gasteiger partial charge on any atom is 0.0595 e. The van der Waals surface area contributed by atoms with Gasteiger partial charge in [0.15, 0.2) is 0 Å². The van der Waals surface area contributed by atoms with Crippen LogP contribution in [0.15, 0.2) is 18.2 Å². The fourth-order valence-electron chi connectivity index (χ4n) is 3.71. The van der Waals surface area contributed by atoms with E-state index in [1.54, 1.807) is 0 Å². The molecule has 0 aromatic heterocycles. The highest BCUT2D eigenvalue weighted by molar-refractivity contribution is 6.42. The number of piperidine rings is 1. The lowest BCUT2D eigenvalue weighted by atomic mass is 9.92. The minimum absolute atomic E-state index is 0.351. The molecule has 3 rings (SSSR count). The summed E-state index contributed by atoms with van der Waals surface area (Å²) in [6, 6.07) is 6.16. The molecule has 1 saturated carbocycles. The number of nitrogens with one attached hydrogen (secondary N) is 1. The molecule has 0 amide bonds. The third-order valence-electron chi connectivity index (χ3n) is 4.54. The molecular weight excluding hydrogens is 253 g/mol. The molecule has 1 aliphatic heterocycles. The molecule has 1 aliphatic carbocycles. The Morgan fingerprint density at radius 3 is 2.88 bits per heavy atom. The molecule has 1 nitrogen and oxygen atoms in total. The van der Waals surface area contributed by atoms with Gasteiger partial charge < -0.3 is 5.32 Å². The number of hydrogen-bond acceptors (Lipinski definition) is 1. The summed E-state index contributed by atoms with van der Waals surface area (Å²) in [6.07, 6.45) is 2.59. The van der Waals surface area contributed by atoms with Crippen LogP contribution in [0, 0.1) is 11.8 Å². The van der Waals surface area contributed by atoms with Gasteiger partial charge in [0.25, 0.3) is 0 Å². The minimum atomic E-state index is 0.351. The molecule has 0 radical (unpaired) electrons. The minimum Gasteiger partial charge on any atom is -0.316 e. The number of fused-ring (bicyclic) bond motifs is 1. The lowest BCUT2D eigenvalue weighted by molar-refractivity contribution is 0.523. The van der Waals surface area contributed by atoms with Crippen molar-refractivity contribution < 1.29 is 0 Å². The second-order valence-corrected chi connectivity index (χ2v) is 6.12. The monoisotopic (exact) mass is 269 g/mol. The lowest BCUT2D eigenvalue weighted by Gasteiger charge is -2.16. The second kappa shape index (κ2) is 4.15. The molecule has 1 heterocycles. The first kappa shape index (κ1) is 11.8. The van der Waals surface area contributed by atoms with Gasteiger partial charge in [-0.25, -0.2) is 0 Å². The van der Waals surface area contributed by atoms with Gasteiger partial charge in [-0.3, -0.25) is 0 Å². The highest BCUT2D eigenvalue weighted by atomic mass is 35.5. The predicted octanol–water partition coefficient (Wildman–Crippen LogP) is 3.88. The predicted molar refractivity (Wildman–Crippen MR) is 72.9 cm³/mol. The average molecular weight is 270 g/mol. The highest BCUT2D eigenvalue weighted by Gasteiger charge is 2.66. The van der Waals surface area contributed by atoms with Crippen LogP contribution in [0.3, 0.4) is 0 Å². The van der Waals surface area contributed by atoms with Crippen LogP contribution in [0.4, 0.5) is 0 Å². The Labute approximate surface area is 112 Å². The van der Waals surface area contributed by atoms with Crippen LogP contribution in [-0.2, 0) is 5.41 Å². The van der Waals surface area contributed by atoms with E-state index >= 15 is 0 Å². The average Bonchev–Trinajstić information content (AvgIpc) is 2.72. The molecule has 3 atom stereocenters. The van der Waals surface area contributed by atoms with Gasteiger partial charge in [0.05, 0.1) is 10.0 Å². The third kappa shape index (κ3) is 1.63. The van der Waals surface area contributed by atoms with Gasteiger partial charge in [-0.1, -0.05) is 42.6 Å². The van der Waals surface area contributed by atoms with Gasteiger partial charge in [0, 0.05) is 12.0 Å². The summed E-state index contributed by atoms with van der Waals surface area (Å²) in [5, 5.41) is 4.85. The summed E-state index contributed by atoms with van der Waals surface area (Å²) in [7, 11) is 0. The number of rotatable bonds is 3. The Morgan fingerprint density at radius 2 is 2.18 bits per heavy atom. The summed E-state index contributed by atoms with van der Waals surface area (Å²) in [5.41, 5.74) is 1.73. The summed E-state index contributed by atoms with van der Waals surface area (Å²) >= 11 is 12.1. The van der Waals surface area contributed by atoms with Crippen LogP contribution < -0.4 is 5.32 Å². The largest absolute Gasteiger partial charge is 0.316 e. The third-order valence-corrected chi connectivity index (χ3v) is 5.28. The zero-order valence-corrected chi connectivity index (χ0v) is 11.5. The van der Waals surface area contributed by atoms with Crippen molar-refractivity contribution in [3.63, 3.8) is 0 Å². The van der Waals surface area contributed by atoms with Crippen LogP contribution in [0.2, 0.25) is 10.0 Å². The smallest absolute Gasteiger partial charge is 0.0595 e. The Bertz CT molecular complexity index is 446. The number of benzene rings is 1. The molecule has 3 heteroatoms. The Kier molecular flexibility index (Phi) is 2.89. The Hall–Kier alpha value is -0.240. The molecule has 17 heavy (non-hydrogen) atoms.